The second-order valence-electron chi connectivity index (χ2n) is 8.18. The Bertz CT molecular complexity index is 821. The molecule has 0 aliphatic heterocycles. The molecule has 0 saturated carbocycles. The van der Waals surface area contributed by atoms with E-state index in [1.54, 1.807) is 32.0 Å². The van der Waals surface area contributed by atoms with E-state index in [-0.39, 0.29) is 17.8 Å². The van der Waals surface area contributed by atoms with E-state index in [0.29, 0.717) is 11.3 Å². The molecule has 0 radical (unpaired) electrons. The minimum atomic E-state index is -1.30. The van der Waals surface area contributed by atoms with Gasteiger partial charge in [-0.1, -0.05) is 51.1 Å². The third-order valence-corrected chi connectivity index (χ3v) is 4.54. The number of carbonyl (C=O) groups excluding carboxylic acids is 2. The zero-order chi connectivity index (χ0) is 20.2. The highest BCUT2D eigenvalue weighted by molar-refractivity contribution is 6.09. The van der Waals surface area contributed by atoms with Gasteiger partial charge in [-0.3, -0.25) is 9.59 Å². The van der Waals surface area contributed by atoms with Gasteiger partial charge in [0.25, 0.3) is 0 Å². The molecule has 2 amide bonds. The van der Waals surface area contributed by atoms with Gasteiger partial charge in [-0.2, -0.15) is 0 Å². The fraction of sp³-hybridized carbons (Fsp3) is 0.364. The summed E-state index contributed by atoms with van der Waals surface area (Å²) in [6, 6.07) is 13.8. The van der Waals surface area contributed by atoms with Crippen LogP contribution < -0.4 is 10.6 Å². The van der Waals surface area contributed by atoms with Crippen molar-refractivity contribution in [2.45, 2.75) is 46.6 Å². The monoisotopic (exact) mass is 370 g/mol. The van der Waals surface area contributed by atoms with E-state index >= 15 is 0 Å². The molecule has 0 saturated heterocycles. The van der Waals surface area contributed by atoms with Crippen LogP contribution >= 0.6 is 0 Å². The minimum absolute atomic E-state index is 0.0222. The third-order valence-electron chi connectivity index (χ3n) is 4.54. The molecule has 2 N–H and O–H groups in total. The van der Waals surface area contributed by atoms with Crippen LogP contribution in [0.5, 0.6) is 0 Å². The average Bonchev–Trinajstić information content (AvgIpc) is 2.60. The maximum absolute atomic E-state index is 13.7. The molecule has 0 aliphatic carbocycles. The van der Waals surface area contributed by atoms with E-state index in [2.05, 4.69) is 31.4 Å². The molecule has 2 aromatic carbocycles. The average molecular weight is 370 g/mol. The Morgan fingerprint density at radius 2 is 1.48 bits per heavy atom. The van der Waals surface area contributed by atoms with Crippen molar-refractivity contribution in [2.75, 3.05) is 5.32 Å². The third kappa shape index (κ3) is 5.16. The molecule has 5 heteroatoms. The first-order valence-electron chi connectivity index (χ1n) is 8.95. The molecule has 0 atom stereocenters. The van der Waals surface area contributed by atoms with Gasteiger partial charge in [0, 0.05) is 17.8 Å². The van der Waals surface area contributed by atoms with Crippen LogP contribution in [0.2, 0.25) is 0 Å². The lowest BCUT2D eigenvalue weighted by Crippen LogP contribution is -2.45. The Morgan fingerprint density at radius 3 is 2.04 bits per heavy atom. The van der Waals surface area contributed by atoms with Gasteiger partial charge < -0.3 is 10.6 Å². The zero-order valence-electron chi connectivity index (χ0n) is 16.5. The SMILES string of the molecule is CC(C)(C(=O)NCc1ccccc1F)C(=O)Nc1ccc(C(C)(C)C)cc1. The number of anilines is 1. The van der Waals surface area contributed by atoms with Gasteiger partial charge >= 0.3 is 0 Å². The van der Waals surface area contributed by atoms with Crippen LogP contribution in [0.3, 0.4) is 0 Å². The van der Waals surface area contributed by atoms with Crippen molar-refractivity contribution < 1.29 is 14.0 Å². The number of benzene rings is 2. The molecular weight excluding hydrogens is 343 g/mol. The molecule has 0 fully saturated rings. The van der Waals surface area contributed by atoms with Gasteiger partial charge in [0.05, 0.1) is 0 Å². The molecule has 0 heterocycles. The first-order valence-corrected chi connectivity index (χ1v) is 8.95. The largest absolute Gasteiger partial charge is 0.351 e. The Labute approximate surface area is 160 Å². The maximum atomic E-state index is 13.7. The summed E-state index contributed by atoms with van der Waals surface area (Å²) in [4.78, 5) is 25.1. The van der Waals surface area contributed by atoms with Crippen LogP contribution in [-0.4, -0.2) is 11.8 Å². The van der Waals surface area contributed by atoms with E-state index in [0.717, 1.165) is 5.56 Å². The lowest BCUT2D eigenvalue weighted by molar-refractivity contribution is -0.138. The van der Waals surface area contributed by atoms with Crippen molar-refractivity contribution in [2.24, 2.45) is 5.41 Å². The van der Waals surface area contributed by atoms with Crippen molar-refractivity contribution in [3.05, 3.63) is 65.5 Å². The van der Waals surface area contributed by atoms with E-state index in [9.17, 15) is 14.0 Å². The summed E-state index contributed by atoms with van der Waals surface area (Å²) in [7, 11) is 0. The van der Waals surface area contributed by atoms with Crippen LogP contribution in [0.25, 0.3) is 0 Å². The summed E-state index contributed by atoms with van der Waals surface area (Å²) < 4.78 is 13.7. The molecule has 2 rings (SSSR count). The number of hydrogen-bond donors (Lipinski definition) is 2. The molecule has 4 nitrogen and oxygen atoms in total. The normalized spacial score (nSPS) is 11.8. The summed E-state index contributed by atoms with van der Waals surface area (Å²) in [5.74, 6) is -1.27. The lowest BCUT2D eigenvalue weighted by atomic mass is 9.87. The van der Waals surface area contributed by atoms with E-state index in [4.69, 9.17) is 0 Å². The highest BCUT2D eigenvalue weighted by atomic mass is 19.1. The zero-order valence-corrected chi connectivity index (χ0v) is 16.5. The molecule has 0 aliphatic rings. The van der Waals surface area contributed by atoms with Gasteiger partial charge in [0.2, 0.25) is 11.8 Å². The van der Waals surface area contributed by atoms with Gasteiger partial charge in [-0.25, -0.2) is 4.39 Å². The van der Waals surface area contributed by atoms with E-state index < -0.39 is 17.2 Å². The Kier molecular flexibility index (Phi) is 6.04. The fourth-order valence-corrected chi connectivity index (χ4v) is 2.48. The van der Waals surface area contributed by atoms with E-state index in [1.165, 1.54) is 6.07 Å². The smallest absolute Gasteiger partial charge is 0.239 e. The minimum Gasteiger partial charge on any atom is -0.351 e. The number of nitrogens with one attached hydrogen (secondary N) is 2. The number of rotatable bonds is 5. The molecule has 0 unspecified atom stereocenters. The topological polar surface area (TPSA) is 58.2 Å². The molecule has 0 bridgehead atoms. The van der Waals surface area contributed by atoms with Crippen molar-refractivity contribution >= 4 is 17.5 Å². The first kappa shape index (κ1) is 20.6. The standard InChI is InChI=1S/C22H27FN2O2/c1-21(2,3)16-10-12-17(13-11-16)25-20(27)22(4,5)19(26)24-14-15-8-6-7-9-18(15)23/h6-13H,14H2,1-5H3,(H,24,26)(H,25,27). The molecule has 0 spiro atoms. The highest BCUT2D eigenvalue weighted by Gasteiger charge is 2.36. The van der Waals surface area contributed by atoms with Crippen LogP contribution in [0.1, 0.15) is 45.7 Å². The van der Waals surface area contributed by atoms with Gasteiger partial charge in [-0.05, 0) is 43.0 Å². The Balaban J connectivity index is 2.01. The van der Waals surface area contributed by atoms with Crippen molar-refractivity contribution in [3.63, 3.8) is 0 Å². The number of amides is 2. The van der Waals surface area contributed by atoms with Gasteiger partial charge in [0.15, 0.2) is 0 Å². The second-order valence-corrected chi connectivity index (χ2v) is 8.18. The number of carbonyl (C=O) groups is 2. The van der Waals surface area contributed by atoms with Crippen LogP contribution in [0.15, 0.2) is 48.5 Å². The summed E-state index contributed by atoms with van der Waals surface area (Å²) in [5.41, 5.74) is 0.882. The molecular formula is C22H27FN2O2. The molecule has 144 valence electrons. The van der Waals surface area contributed by atoms with Crippen molar-refractivity contribution in [3.8, 4) is 0 Å². The quantitative estimate of drug-likeness (QED) is 0.766. The maximum Gasteiger partial charge on any atom is 0.239 e. The van der Waals surface area contributed by atoms with Crippen LogP contribution in [0, 0.1) is 11.2 Å². The number of hydrogen-bond acceptors (Lipinski definition) is 2. The number of halogens is 1. The highest BCUT2D eigenvalue weighted by Crippen LogP contribution is 2.25. The predicted molar refractivity (Wildman–Crippen MR) is 106 cm³/mol. The van der Waals surface area contributed by atoms with Crippen LogP contribution in [-0.2, 0) is 21.5 Å². The summed E-state index contributed by atoms with van der Waals surface area (Å²) in [6.45, 7) is 9.46. The predicted octanol–water partition coefficient (Wildman–Crippen LogP) is 4.40. The van der Waals surface area contributed by atoms with Crippen molar-refractivity contribution in [1.82, 2.24) is 5.32 Å². The summed E-state index contributed by atoms with van der Waals surface area (Å²) >= 11 is 0. The Hall–Kier alpha value is -2.69. The lowest BCUT2D eigenvalue weighted by Gasteiger charge is -2.23. The van der Waals surface area contributed by atoms with Gasteiger partial charge in [-0.15, -0.1) is 0 Å². The van der Waals surface area contributed by atoms with Crippen molar-refractivity contribution in [1.29, 1.82) is 0 Å². The van der Waals surface area contributed by atoms with E-state index in [1.807, 2.05) is 24.3 Å². The summed E-state index contributed by atoms with van der Waals surface area (Å²) in [6.07, 6.45) is 0. The Morgan fingerprint density at radius 1 is 0.889 bits per heavy atom. The second kappa shape index (κ2) is 7.91. The molecule has 0 aromatic heterocycles. The first-order chi connectivity index (χ1) is 12.5. The summed E-state index contributed by atoms with van der Waals surface area (Å²) in [5, 5.41) is 5.41. The fourth-order valence-electron chi connectivity index (χ4n) is 2.48. The molecule has 27 heavy (non-hydrogen) atoms. The van der Waals surface area contributed by atoms with Crippen LogP contribution in [0.4, 0.5) is 10.1 Å². The molecule has 2 aromatic rings. The van der Waals surface area contributed by atoms with Gasteiger partial charge in [0.1, 0.15) is 11.2 Å².